The smallest absolute Gasteiger partial charge is 0.307 e. The van der Waals surface area contributed by atoms with Crippen LogP contribution in [0.25, 0.3) is 11.5 Å². The standard InChI is InChI=1S/C29H24ClN5O/c1-20-23-19-34(29(36)31-25-16-9-8-15-24(25)30)27(21-11-4-2-5-12-21)26-17-10-18-33(26)28(23)35(32-20)22-13-6-3-7-14-22/h2-18,27H,19H2,1H3,(H,31,36)/t27-/m1/s1. The molecule has 2 aromatic heterocycles. The maximum absolute atomic E-state index is 13.9. The molecule has 0 saturated carbocycles. The maximum Gasteiger partial charge on any atom is 0.323 e. The normalized spacial score (nSPS) is 14.6. The van der Waals surface area contributed by atoms with Gasteiger partial charge in [-0.2, -0.15) is 5.10 Å². The first kappa shape index (κ1) is 22.2. The Hall–Kier alpha value is -4.29. The summed E-state index contributed by atoms with van der Waals surface area (Å²) in [5.41, 5.74) is 5.40. The highest BCUT2D eigenvalue weighted by molar-refractivity contribution is 6.33. The Morgan fingerprint density at radius 1 is 0.917 bits per heavy atom. The quantitative estimate of drug-likeness (QED) is 0.302. The second kappa shape index (κ2) is 9.06. The summed E-state index contributed by atoms with van der Waals surface area (Å²) < 4.78 is 4.12. The predicted octanol–water partition coefficient (Wildman–Crippen LogP) is 6.76. The lowest BCUT2D eigenvalue weighted by Crippen LogP contribution is -2.38. The van der Waals surface area contributed by atoms with Crippen molar-refractivity contribution in [2.75, 3.05) is 5.32 Å². The summed E-state index contributed by atoms with van der Waals surface area (Å²) in [5.74, 6) is 0.938. The summed E-state index contributed by atoms with van der Waals surface area (Å²) in [6.07, 6.45) is 2.04. The number of aromatic nitrogens is 3. The Morgan fingerprint density at radius 3 is 2.36 bits per heavy atom. The van der Waals surface area contributed by atoms with Crippen LogP contribution in [0, 0.1) is 6.92 Å². The number of amides is 2. The Balaban J connectivity index is 1.54. The Bertz CT molecular complexity index is 1540. The molecule has 36 heavy (non-hydrogen) atoms. The summed E-state index contributed by atoms with van der Waals surface area (Å²) in [4.78, 5) is 15.8. The fourth-order valence-electron chi connectivity index (χ4n) is 4.88. The monoisotopic (exact) mass is 493 g/mol. The zero-order chi connectivity index (χ0) is 24.6. The van der Waals surface area contributed by atoms with E-state index in [9.17, 15) is 4.79 Å². The van der Waals surface area contributed by atoms with Crippen LogP contribution in [-0.2, 0) is 6.54 Å². The number of fused-ring (bicyclic) bond motifs is 3. The number of hydrogen-bond donors (Lipinski definition) is 1. The van der Waals surface area contributed by atoms with Crippen molar-refractivity contribution in [3.05, 3.63) is 131 Å². The van der Waals surface area contributed by atoms with Crippen LogP contribution >= 0.6 is 11.6 Å². The highest BCUT2D eigenvalue weighted by Gasteiger charge is 2.36. The van der Waals surface area contributed by atoms with Crippen molar-refractivity contribution in [3.63, 3.8) is 0 Å². The second-order valence-electron chi connectivity index (χ2n) is 8.79. The molecule has 1 atom stereocenters. The Labute approximate surface area is 214 Å². The molecule has 0 unspecified atom stereocenters. The van der Waals surface area contributed by atoms with Crippen LogP contribution < -0.4 is 5.32 Å². The van der Waals surface area contributed by atoms with Gasteiger partial charge in [-0.15, -0.1) is 0 Å². The molecule has 1 aliphatic rings. The number of rotatable bonds is 3. The lowest BCUT2D eigenvalue weighted by molar-refractivity contribution is 0.194. The van der Waals surface area contributed by atoms with Crippen molar-refractivity contribution in [2.24, 2.45) is 0 Å². The minimum absolute atomic E-state index is 0.232. The van der Waals surface area contributed by atoms with Crippen molar-refractivity contribution in [2.45, 2.75) is 19.5 Å². The molecule has 178 valence electrons. The van der Waals surface area contributed by atoms with E-state index in [-0.39, 0.29) is 12.1 Å². The van der Waals surface area contributed by atoms with E-state index in [4.69, 9.17) is 16.7 Å². The van der Waals surface area contributed by atoms with Gasteiger partial charge in [0, 0.05) is 11.8 Å². The lowest BCUT2D eigenvalue weighted by Gasteiger charge is -2.31. The number of halogens is 1. The molecule has 5 aromatic rings. The maximum atomic E-state index is 13.9. The third-order valence-corrected chi connectivity index (χ3v) is 6.91. The van der Waals surface area contributed by atoms with Crippen molar-refractivity contribution < 1.29 is 4.79 Å². The van der Waals surface area contributed by atoms with Crippen LogP contribution in [0.1, 0.15) is 28.6 Å². The van der Waals surface area contributed by atoms with E-state index in [1.165, 1.54) is 0 Å². The number of urea groups is 1. The fourth-order valence-corrected chi connectivity index (χ4v) is 5.07. The molecule has 0 saturated heterocycles. The van der Waals surface area contributed by atoms with E-state index in [0.717, 1.165) is 34.0 Å². The number of nitrogens with one attached hydrogen (secondary N) is 1. The van der Waals surface area contributed by atoms with Gasteiger partial charge in [0.1, 0.15) is 5.82 Å². The van der Waals surface area contributed by atoms with Gasteiger partial charge in [0.05, 0.1) is 40.4 Å². The number of hydrogen-bond acceptors (Lipinski definition) is 2. The number of carbonyl (C=O) groups excluding carboxylic acids is 1. The highest BCUT2D eigenvalue weighted by atomic mass is 35.5. The SMILES string of the molecule is Cc1nn(-c2ccccc2)c2c1CN(C(=O)Nc1ccccc1Cl)[C@H](c1ccccc1)c1cccn1-2. The molecular weight excluding hydrogens is 470 g/mol. The van der Waals surface area contributed by atoms with Gasteiger partial charge >= 0.3 is 6.03 Å². The third-order valence-electron chi connectivity index (χ3n) is 6.58. The second-order valence-corrected chi connectivity index (χ2v) is 9.20. The van der Waals surface area contributed by atoms with Crippen molar-refractivity contribution in [1.82, 2.24) is 19.2 Å². The van der Waals surface area contributed by atoms with Crippen molar-refractivity contribution in [3.8, 4) is 11.5 Å². The largest absolute Gasteiger partial charge is 0.323 e. The molecule has 0 radical (unpaired) electrons. The summed E-state index contributed by atoms with van der Waals surface area (Å²) >= 11 is 6.38. The Morgan fingerprint density at radius 2 is 1.61 bits per heavy atom. The van der Waals surface area contributed by atoms with Crippen molar-refractivity contribution in [1.29, 1.82) is 0 Å². The van der Waals surface area contributed by atoms with E-state index in [1.54, 1.807) is 6.07 Å². The average molecular weight is 494 g/mol. The minimum Gasteiger partial charge on any atom is -0.307 e. The Kier molecular flexibility index (Phi) is 5.58. The molecule has 3 aromatic carbocycles. The van der Waals surface area contributed by atoms with Gasteiger partial charge in [0.25, 0.3) is 0 Å². The topological polar surface area (TPSA) is 55.1 Å². The van der Waals surface area contributed by atoms with E-state index in [2.05, 4.69) is 28.1 Å². The molecule has 6 rings (SSSR count). The predicted molar refractivity (Wildman–Crippen MR) is 142 cm³/mol. The molecule has 0 spiro atoms. The molecule has 6 nitrogen and oxygen atoms in total. The molecule has 2 amide bonds. The van der Waals surface area contributed by atoms with Crippen LogP contribution in [0.15, 0.2) is 103 Å². The minimum atomic E-state index is -0.320. The van der Waals surface area contributed by atoms with Gasteiger partial charge in [0.15, 0.2) is 0 Å². The van der Waals surface area contributed by atoms with Crippen LogP contribution in [0.4, 0.5) is 10.5 Å². The van der Waals surface area contributed by atoms with Gasteiger partial charge in [-0.25, -0.2) is 9.48 Å². The zero-order valence-electron chi connectivity index (χ0n) is 19.7. The molecular formula is C29H24ClN5O. The molecule has 1 aliphatic heterocycles. The summed E-state index contributed by atoms with van der Waals surface area (Å²) in [5, 5.41) is 8.42. The summed E-state index contributed by atoms with van der Waals surface area (Å²) in [6, 6.07) is 31.0. The van der Waals surface area contributed by atoms with Crippen LogP contribution in [-0.4, -0.2) is 25.3 Å². The third kappa shape index (κ3) is 3.76. The zero-order valence-corrected chi connectivity index (χ0v) is 20.4. The van der Waals surface area contributed by atoms with E-state index < -0.39 is 0 Å². The molecule has 1 N–H and O–H groups in total. The van der Waals surface area contributed by atoms with Gasteiger partial charge in [-0.05, 0) is 48.9 Å². The van der Waals surface area contributed by atoms with E-state index in [0.29, 0.717) is 17.3 Å². The number of benzene rings is 3. The summed E-state index contributed by atoms with van der Waals surface area (Å²) in [6.45, 7) is 2.37. The first-order valence-corrected chi connectivity index (χ1v) is 12.2. The number of anilines is 1. The molecule has 0 fully saturated rings. The molecule has 0 bridgehead atoms. The van der Waals surface area contributed by atoms with Crippen LogP contribution in [0.5, 0.6) is 0 Å². The number of nitrogens with zero attached hydrogens (tertiary/aromatic N) is 4. The first-order valence-electron chi connectivity index (χ1n) is 11.8. The number of aryl methyl sites for hydroxylation is 1. The average Bonchev–Trinajstić information content (AvgIpc) is 3.47. The highest BCUT2D eigenvalue weighted by Crippen LogP contribution is 2.38. The molecule has 0 aliphatic carbocycles. The molecule has 3 heterocycles. The van der Waals surface area contributed by atoms with Gasteiger partial charge < -0.3 is 14.8 Å². The fraction of sp³-hybridized carbons (Fsp3) is 0.103. The summed E-state index contributed by atoms with van der Waals surface area (Å²) in [7, 11) is 0. The van der Waals surface area contributed by atoms with Gasteiger partial charge in [0.2, 0.25) is 0 Å². The van der Waals surface area contributed by atoms with E-state index in [1.807, 2.05) is 95.5 Å². The van der Waals surface area contributed by atoms with Gasteiger partial charge in [-0.1, -0.05) is 72.3 Å². The number of para-hydroxylation sites is 2. The van der Waals surface area contributed by atoms with Crippen LogP contribution in [0.2, 0.25) is 5.02 Å². The first-order chi connectivity index (χ1) is 17.6. The lowest BCUT2D eigenvalue weighted by atomic mass is 10.0. The van der Waals surface area contributed by atoms with Crippen LogP contribution in [0.3, 0.4) is 0 Å². The number of carbonyl (C=O) groups is 1. The van der Waals surface area contributed by atoms with E-state index >= 15 is 0 Å². The van der Waals surface area contributed by atoms with Gasteiger partial charge in [-0.3, -0.25) is 0 Å². The van der Waals surface area contributed by atoms with Crippen molar-refractivity contribution >= 4 is 23.3 Å². The molecule has 7 heteroatoms.